The Balaban J connectivity index is 2.04. The molecule has 1 atom stereocenters. The van der Waals surface area contributed by atoms with Crippen LogP contribution in [0.5, 0.6) is 0 Å². The SMILES string of the molecule is Cc1oc(CCCN)nc1C1CCCCO1. The van der Waals surface area contributed by atoms with E-state index in [1.54, 1.807) is 0 Å². The van der Waals surface area contributed by atoms with E-state index in [0.29, 0.717) is 6.54 Å². The summed E-state index contributed by atoms with van der Waals surface area (Å²) in [4.78, 5) is 4.52. The number of aryl methyl sites for hydroxylation is 2. The Morgan fingerprint density at radius 1 is 1.44 bits per heavy atom. The minimum absolute atomic E-state index is 0.143. The number of nitrogens with two attached hydrogens (primary N) is 1. The largest absolute Gasteiger partial charge is 0.446 e. The number of rotatable bonds is 4. The second-order valence-electron chi connectivity index (χ2n) is 4.30. The lowest BCUT2D eigenvalue weighted by Crippen LogP contribution is -2.12. The number of hydrogen-bond acceptors (Lipinski definition) is 4. The lowest BCUT2D eigenvalue weighted by molar-refractivity contribution is 0.0117. The molecular weight excluding hydrogens is 204 g/mol. The fourth-order valence-electron chi connectivity index (χ4n) is 2.08. The molecule has 2 heterocycles. The van der Waals surface area contributed by atoms with Crippen molar-refractivity contribution in [2.45, 2.75) is 45.1 Å². The van der Waals surface area contributed by atoms with E-state index in [4.69, 9.17) is 14.9 Å². The minimum Gasteiger partial charge on any atom is -0.446 e. The minimum atomic E-state index is 0.143. The molecule has 0 aromatic carbocycles. The van der Waals surface area contributed by atoms with E-state index in [0.717, 1.165) is 49.6 Å². The maximum absolute atomic E-state index is 5.72. The second kappa shape index (κ2) is 5.46. The van der Waals surface area contributed by atoms with Crippen LogP contribution < -0.4 is 5.73 Å². The van der Waals surface area contributed by atoms with E-state index in [-0.39, 0.29) is 6.10 Å². The molecule has 0 aliphatic carbocycles. The lowest BCUT2D eigenvalue weighted by atomic mass is 10.1. The first-order valence-corrected chi connectivity index (χ1v) is 6.09. The van der Waals surface area contributed by atoms with Gasteiger partial charge in [0.05, 0.1) is 0 Å². The molecule has 2 N–H and O–H groups in total. The van der Waals surface area contributed by atoms with Gasteiger partial charge in [0.25, 0.3) is 0 Å². The Hall–Kier alpha value is -0.870. The molecule has 4 heteroatoms. The Bertz CT molecular complexity index is 330. The van der Waals surface area contributed by atoms with Crippen LogP contribution in [-0.4, -0.2) is 18.1 Å². The fourth-order valence-corrected chi connectivity index (χ4v) is 2.08. The van der Waals surface area contributed by atoms with Crippen LogP contribution in [0.15, 0.2) is 4.42 Å². The molecule has 2 rings (SSSR count). The molecule has 1 aromatic heterocycles. The maximum Gasteiger partial charge on any atom is 0.194 e. The van der Waals surface area contributed by atoms with Crippen LogP contribution in [0.25, 0.3) is 0 Å². The first kappa shape index (κ1) is 11.6. The third kappa shape index (κ3) is 2.62. The predicted octanol–water partition coefficient (Wildman–Crippen LogP) is 2.12. The predicted molar refractivity (Wildman–Crippen MR) is 61.2 cm³/mol. The summed E-state index contributed by atoms with van der Waals surface area (Å²) in [6, 6.07) is 0. The molecule has 1 aliphatic heterocycles. The summed E-state index contributed by atoms with van der Waals surface area (Å²) in [5.74, 6) is 1.70. The van der Waals surface area contributed by atoms with Gasteiger partial charge in [-0.1, -0.05) is 0 Å². The van der Waals surface area contributed by atoms with Gasteiger partial charge in [-0.2, -0.15) is 0 Å². The average Bonchev–Trinajstić information content (AvgIpc) is 2.69. The van der Waals surface area contributed by atoms with E-state index < -0.39 is 0 Å². The van der Waals surface area contributed by atoms with E-state index in [9.17, 15) is 0 Å². The zero-order valence-electron chi connectivity index (χ0n) is 9.87. The fraction of sp³-hybridized carbons (Fsp3) is 0.750. The summed E-state index contributed by atoms with van der Waals surface area (Å²) >= 11 is 0. The van der Waals surface area contributed by atoms with Gasteiger partial charge in [0.15, 0.2) is 5.89 Å². The second-order valence-corrected chi connectivity index (χ2v) is 4.30. The molecule has 1 aromatic rings. The summed E-state index contributed by atoms with van der Waals surface area (Å²) in [5.41, 5.74) is 6.46. The Kier molecular flexibility index (Phi) is 3.96. The van der Waals surface area contributed by atoms with Crippen molar-refractivity contribution in [3.63, 3.8) is 0 Å². The van der Waals surface area contributed by atoms with Crippen LogP contribution >= 0.6 is 0 Å². The highest BCUT2D eigenvalue weighted by atomic mass is 16.5. The van der Waals surface area contributed by atoms with Crippen molar-refractivity contribution in [1.29, 1.82) is 0 Å². The normalized spacial score (nSPS) is 21.2. The molecule has 90 valence electrons. The van der Waals surface area contributed by atoms with Gasteiger partial charge in [-0.3, -0.25) is 0 Å². The highest BCUT2D eigenvalue weighted by molar-refractivity contribution is 5.12. The molecular formula is C12H20N2O2. The van der Waals surface area contributed by atoms with Gasteiger partial charge in [-0.25, -0.2) is 4.98 Å². The van der Waals surface area contributed by atoms with Gasteiger partial charge >= 0.3 is 0 Å². The van der Waals surface area contributed by atoms with Gasteiger partial charge in [-0.05, 0) is 39.2 Å². The molecule has 1 fully saturated rings. The Morgan fingerprint density at radius 3 is 3.00 bits per heavy atom. The van der Waals surface area contributed by atoms with E-state index in [1.807, 2.05) is 6.92 Å². The lowest BCUT2D eigenvalue weighted by Gasteiger charge is -2.20. The molecule has 0 bridgehead atoms. The van der Waals surface area contributed by atoms with Crippen molar-refractivity contribution in [2.24, 2.45) is 5.73 Å². The molecule has 16 heavy (non-hydrogen) atoms. The smallest absolute Gasteiger partial charge is 0.194 e. The zero-order chi connectivity index (χ0) is 11.4. The molecule has 0 radical (unpaired) electrons. The molecule has 0 saturated carbocycles. The molecule has 0 spiro atoms. The van der Waals surface area contributed by atoms with Crippen LogP contribution in [0.3, 0.4) is 0 Å². The summed E-state index contributed by atoms with van der Waals surface area (Å²) < 4.78 is 11.3. The number of ether oxygens (including phenoxy) is 1. The summed E-state index contributed by atoms with van der Waals surface area (Å²) in [5, 5.41) is 0. The van der Waals surface area contributed by atoms with Crippen molar-refractivity contribution in [3.05, 3.63) is 17.3 Å². The third-order valence-corrected chi connectivity index (χ3v) is 2.96. The number of hydrogen-bond donors (Lipinski definition) is 1. The van der Waals surface area contributed by atoms with Crippen molar-refractivity contribution < 1.29 is 9.15 Å². The van der Waals surface area contributed by atoms with Gasteiger partial charge in [0, 0.05) is 13.0 Å². The van der Waals surface area contributed by atoms with Gasteiger partial charge in [-0.15, -0.1) is 0 Å². The maximum atomic E-state index is 5.72. The topological polar surface area (TPSA) is 61.3 Å². The highest BCUT2D eigenvalue weighted by Gasteiger charge is 2.22. The first-order valence-electron chi connectivity index (χ1n) is 6.09. The standard InChI is InChI=1S/C12H20N2O2/c1-9-12(10-5-2-3-8-15-10)14-11(16-9)6-4-7-13/h10H,2-8,13H2,1H3. The molecule has 1 unspecified atom stereocenters. The Morgan fingerprint density at radius 2 is 2.31 bits per heavy atom. The van der Waals surface area contributed by atoms with Crippen LogP contribution in [0.1, 0.15) is 49.1 Å². The van der Waals surface area contributed by atoms with Gasteiger partial charge < -0.3 is 14.9 Å². The third-order valence-electron chi connectivity index (χ3n) is 2.96. The van der Waals surface area contributed by atoms with E-state index in [1.165, 1.54) is 6.42 Å². The number of aromatic nitrogens is 1. The summed E-state index contributed by atoms with van der Waals surface area (Å²) in [6.07, 6.45) is 5.32. The van der Waals surface area contributed by atoms with Crippen LogP contribution in [-0.2, 0) is 11.2 Å². The molecule has 1 saturated heterocycles. The van der Waals surface area contributed by atoms with Crippen LogP contribution in [0.2, 0.25) is 0 Å². The monoisotopic (exact) mass is 224 g/mol. The average molecular weight is 224 g/mol. The molecule has 0 amide bonds. The number of oxazole rings is 1. The van der Waals surface area contributed by atoms with Crippen molar-refractivity contribution in [3.8, 4) is 0 Å². The Labute approximate surface area is 96.2 Å². The van der Waals surface area contributed by atoms with Crippen LogP contribution in [0, 0.1) is 6.92 Å². The van der Waals surface area contributed by atoms with Crippen molar-refractivity contribution >= 4 is 0 Å². The van der Waals surface area contributed by atoms with Gasteiger partial charge in [0.2, 0.25) is 0 Å². The quantitative estimate of drug-likeness (QED) is 0.851. The van der Waals surface area contributed by atoms with Crippen molar-refractivity contribution in [2.75, 3.05) is 13.2 Å². The van der Waals surface area contributed by atoms with Gasteiger partial charge in [0.1, 0.15) is 17.6 Å². The summed E-state index contributed by atoms with van der Waals surface area (Å²) in [7, 11) is 0. The van der Waals surface area contributed by atoms with E-state index in [2.05, 4.69) is 4.98 Å². The van der Waals surface area contributed by atoms with Crippen molar-refractivity contribution in [1.82, 2.24) is 4.98 Å². The molecule has 1 aliphatic rings. The first-order chi connectivity index (χ1) is 7.81. The highest BCUT2D eigenvalue weighted by Crippen LogP contribution is 2.29. The van der Waals surface area contributed by atoms with Crippen LogP contribution in [0.4, 0.5) is 0 Å². The number of nitrogens with zero attached hydrogens (tertiary/aromatic N) is 1. The zero-order valence-corrected chi connectivity index (χ0v) is 9.87. The summed E-state index contributed by atoms with van der Waals surface area (Å²) in [6.45, 7) is 3.48. The van der Waals surface area contributed by atoms with E-state index >= 15 is 0 Å². The molecule has 4 nitrogen and oxygen atoms in total.